The normalized spacial score (nSPS) is 12.2. The molecule has 0 spiro atoms. The molecule has 1 N–H and O–H groups in total. The molecule has 2 heterocycles. The summed E-state index contributed by atoms with van der Waals surface area (Å²) >= 11 is 0. The van der Waals surface area contributed by atoms with Gasteiger partial charge in [-0.05, 0) is 36.2 Å². The Bertz CT molecular complexity index is 835. The zero-order valence-electron chi connectivity index (χ0n) is 13.2. The Kier molecular flexibility index (Phi) is 4.81. The van der Waals surface area contributed by atoms with E-state index >= 15 is 0 Å². The smallest absolute Gasteiger partial charge is 0.437 e. The number of aliphatic hydroxyl groups is 1. The number of aliphatic hydroxyl groups excluding tert-OH is 1. The molecule has 126 valence electrons. The van der Waals surface area contributed by atoms with Crippen LogP contribution in [-0.4, -0.2) is 27.6 Å². The van der Waals surface area contributed by atoms with E-state index in [1.165, 1.54) is 6.26 Å². The molecule has 0 unspecified atom stereocenters. The summed E-state index contributed by atoms with van der Waals surface area (Å²) in [6, 6.07) is 11.0. The highest BCUT2D eigenvalue weighted by Gasteiger charge is 2.15. The molecule has 24 heavy (non-hydrogen) atoms. The van der Waals surface area contributed by atoms with Gasteiger partial charge in [0.25, 0.3) is 5.89 Å². The molecule has 2 aromatic heterocycles. The third-order valence-corrected chi connectivity index (χ3v) is 3.47. The largest absolute Gasteiger partial charge is 0.491 e. The van der Waals surface area contributed by atoms with Crippen molar-refractivity contribution in [3.63, 3.8) is 0 Å². The maximum absolute atomic E-state index is 11.8. The number of benzene rings is 1. The van der Waals surface area contributed by atoms with Crippen molar-refractivity contribution in [3.05, 3.63) is 58.8 Å². The molecule has 0 saturated heterocycles. The van der Waals surface area contributed by atoms with E-state index in [4.69, 9.17) is 13.6 Å². The standard InChI is InChI=1S/C17H18N2O5/c1-2-12-5-3-6-14(9-12)23-11-13(20)10-19-17(21)24-16(18-19)15-7-4-8-22-15/h3-9,13,20H,2,10-11H2,1H3/t13-/m1/s1. The Morgan fingerprint density at radius 2 is 2.21 bits per heavy atom. The number of rotatable bonds is 7. The summed E-state index contributed by atoms with van der Waals surface area (Å²) < 4.78 is 16.7. The van der Waals surface area contributed by atoms with E-state index in [0.29, 0.717) is 11.5 Å². The van der Waals surface area contributed by atoms with Gasteiger partial charge in [0, 0.05) is 0 Å². The molecule has 7 nitrogen and oxygen atoms in total. The summed E-state index contributed by atoms with van der Waals surface area (Å²) in [4.78, 5) is 11.8. The molecule has 3 aromatic rings. The second kappa shape index (κ2) is 7.18. The average Bonchev–Trinajstić information content (AvgIpc) is 3.24. The van der Waals surface area contributed by atoms with E-state index in [-0.39, 0.29) is 19.0 Å². The molecule has 1 atom stereocenters. The quantitative estimate of drug-likeness (QED) is 0.713. The Balaban J connectivity index is 1.60. The first-order valence-electron chi connectivity index (χ1n) is 7.67. The first kappa shape index (κ1) is 16.1. The van der Waals surface area contributed by atoms with Crippen molar-refractivity contribution in [1.29, 1.82) is 0 Å². The third kappa shape index (κ3) is 3.75. The molecule has 0 radical (unpaired) electrons. The fraction of sp³-hybridized carbons (Fsp3) is 0.294. The number of hydrogen-bond acceptors (Lipinski definition) is 6. The highest BCUT2D eigenvalue weighted by Crippen LogP contribution is 2.16. The molecule has 0 aliphatic heterocycles. The SMILES string of the molecule is CCc1cccc(OC[C@H](O)Cn2nc(-c3ccco3)oc2=O)c1. The lowest BCUT2D eigenvalue weighted by Crippen LogP contribution is -2.29. The predicted molar refractivity (Wildman–Crippen MR) is 85.8 cm³/mol. The Morgan fingerprint density at radius 1 is 1.33 bits per heavy atom. The molecule has 0 bridgehead atoms. The van der Waals surface area contributed by atoms with E-state index in [2.05, 4.69) is 12.0 Å². The minimum absolute atomic E-state index is 0.0312. The maximum atomic E-state index is 11.8. The molecular formula is C17H18N2O5. The molecule has 0 fully saturated rings. The lowest BCUT2D eigenvalue weighted by molar-refractivity contribution is 0.0875. The Morgan fingerprint density at radius 3 is 2.96 bits per heavy atom. The highest BCUT2D eigenvalue weighted by molar-refractivity contribution is 5.42. The van der Waals surface area contributed by atoms with Crippen molar-refractivity contribution in [2.24, 2.45) is 0 Å². The first-order chi connectivity index (χ1) is 11.7. The van der Waals surface area contributed by atoms with Gasteiger partial charge in [-0.1, -0.05) is 19.1 Å². The Hall–Kier alpha value is -2.80. The van der Waals surface area contributed by atoms with Crippen LogP contribution >= 0.6 is 0 Å². The van der Waals surface area contributed by atoms with Gasteiger partial charge >= 0.3 is 5.76 Å². The van der Waals surface area contributed by atoms with Crippen molar-refractivity contribution < 1.29 is 18.7 Å². The molecule has 0 aliphatic carbocycles. The van der Waals surface area contributed by atoms with Crippen LogP contribution in [0.25, 0.3) is 11.7 Å². The van der Waals surface area contributed by atoms with Gasteiger partial charge in [0.1, 0.15) is 18.5 Å². The van der Waals surface area contributed by atoms with E-state index < -0.39 is 11.9 Å². The van der Waals surface area contributed by atoms with Crippen LogP contribution in [0.5, 0.6) is 5.75 Å². The maximum Gasteiger partial charge on any atom is 0.437 e. The van der Waals surface area contributed by atoms with E-state index in [9.17, 15) is 9.90 Å². The zero-order valence-corrected chi connectivity index (χ0v) is 13.2. The van der Waals surface area contributed by atoms with Crippen LogP contribution in [0.1, 0.15) is 12.5 Å². The number of ether oxygens (including phenoxy) is 1. The topological polar surface area (TPSA) is 90.6 Å². The highest BCUT2D eigenvalue weighted by atomic mass is 16.5. The van der Waals surface area contributed by atoms with Crippen molar-refractivity contribution in [3.8, 4) is 17.4 Å². The first-order valence-corrected chi connectivity index (χ1v) is 7.67. The summed E-state index contributed by atoms with van der Waals surface area (Å²) in [6.07, 6.45) is 1.47. The summed E-state index contributed by atoms with van der Waals surface area (Å²) in [7, 11) is 0. The Labute approximate surface area is 138 Å². The van der Waals surface area contributed by atoms with Gasteiger partial charge in [-0.3, -0.25) is 0 Å². The predicted octanol–water partition coefficient (Wildman–Crippen LogP) is 2.10. The summed E-state index contributed by atoms with van der Waals surface area (Å²) in [5.74, 6) is 0.451. The average molecular weight is 330 g/mol. The molecule has 1 aromatic carbocycles. The van der Waals surface area contributed by atoms with Crippen molar-refractivity contribution in [2.75, 3.05) is 6.61 Å². The molecule has 7 heteroatoms. The third-order valence-electron chi connectivity index (χ3n) is 3.47. The molecule has 0 saturated carbocycles. The van der Waals surface area contributed by atoms with Crippen molar-refractivity contribution >= 4 is 0 Å². The minimum atomic E-state index is -0.900. The fourth-order valence-electron chi connectivity index (χ4n) is 2.22. The number of aromatic nitrogens is 2. The number of furan rings is 1. The lowest BCUT2D eigenvalue weighted by atomic mass is 10.2. The van der Waals surface area contributed by atoms with Crippen LogP contribution in [0.2, 0.25) is 0 Å². The van der Waals surface area contributed by atoms with Crippen molar-refractivity contribution in [2.45, 2.75) is 26.0 Å². The van der Waals surface area contributed by atoms with Crippen LogP contribution in [0, 0.1) is 0 Å². The molecule has 0 amide bonds. The van der Waals surface area contributed by atoms with E-state index in [0.717, 1.165) is 16.7 Å². The van der Waals surface area contributed by atoms with Gasteiger partial charge in [0.2, 0.25) is 0 Å². The zero-order chi connectivity index (χ0) is 16.9. The molecule has 3 rings (SSSR count). The summed E-state index contributed by atoms with van der Waals surface area (Å²) in [5.41, 5.74) is 1.15. The summed E-state index contributed by atoms with van der Waals surface area (Å²) in [5, 5.41) is 14.1. The van der Waals surface area contributed by atoms with Gasteiger partial charge in [0.15, 0.2) is 5.76 Å². The van der Waals surface area contributed by atoms with Crippen LogP contribution < -0.4 is 10.5 Å². The van der Waals surface area contributed by atoms with Crippen LogP contribution in [0.3, 0.4) is 0 Å². The monoisotopic (exact) mass is 330 g/mol. The van der Waals surface area contributed by atoms with Crippen molar-refractivity contribution in [1.82, 2.24) is 9.78 Å². The molecular weight excluding hydrogens is 312 g/mol. The van der Waals surface area contributed by atoms with Gasteiger partial charge in [-0.15, -0.1) is 5.10 Å². The van der Waals surface area contributed by atoms with Crippen LogP contribution in [0.15, 0.2) is 56.3 Å². The van der Waals surface area contributed by atoms with E-state index in [1.54, 1.807) is 12.1 Å². The number of aryl methyl sites for hydroxylation is 1. The minimum Gasteiger partial charge on any atom is -0.491 e. The van der Waals surface area contributed by atoms with Crippen LogP contribution in [-0.2, 0) is 13.0 Å². The lowest BCUT2D eigenvalue weighted by Gasteiger charge is -2.12. The van der Waals surface area contributed by atoms with Gasteiger partial charge in [-0.2, -0.15) is 4.68 Å². The van der Waals surface area contributed by atoms with Gasteiger partial charge in [-0.25, -0.2) is 4.79 Å². The van der Waals surface area contributed by atoms with Gasteiger partial charge < -0.3 is 18.7 Å². The van der Waals surface area contributed by atoms with Gasteiger partial charge in [0.05, 0.1) is 12.8 Å². The molecule has 0 aliphatic rings. The number of hydrogen-bond donors (Lipinski definition) is 1. The summed E-state index contributed by atoms with van der Waals surface area (Å²) in [6.45, 7) is 2.07. The fourth-order valence-corrected chi connectivity index (χ4v) is 2.22. The van der Waals surface area contributed by atoms with E-state index in [1.807, 2.05) is 24.3 Å². The number of nitrogens with zero attached hydrogens (tertiary/aromatic N) is 2. The second-order valence-electron chi connectivity index (χ2n) is 5.30. The second-order valence-corrected chi connectivity index (χ2v) is 5.30. The van der Waals surface area contributed by atoms with Crippen LogP contribution in [0.4, 0.5) is 0 Å².